The summed E-state index contributed by atoms with van der Waals surface area (Å²) in [6.45, 7) is 10.6. The zero-order chi connectivity index (χ0) is 15.7. The number of halogens is 1. The Morgan fingerprint density at radius 2 is 2.13 bits per heavy atom. The molecule has 0 aromatic carbocycles. The molecule has 1 aliphatic rings. The van der Waals surface area contributed by atoms with Gasteiger partial charge in [0.25, 0.3) is 0 Å². The molecule has 128 valence electrons. The molecule has 0 amide bonds. The minimum Gasteiger partial charge on any atom is -0.337 e. The van der Waals surface area contributed by atoms with Crippen LogP contribution < -0.4 is 5.32 Å². The molecule has 0 saturated carbocycles. The van der Waals surface area contributed by atoms with E-state index in [-0.39, 0.29) is 17.8 Å². The van der Waals surface area contributed by atoms with Crippen LogP contribution in [0.2, 0.25) is 0 Å². The van der Waals surface area contributed by atoms with Crippen LogP contribution in [0.3, 0.4) is 0 Å². The third-order valence-corrected chi connectivity index (χ3v) is 5.55. The van der Waals surface area contributed by atoms with E-state index >= 15 is 0 Å². The van der Waals surface area contributed by atoms with Crippen LogP contribution in [-0.2, 0) is 19.0 Å². The lowest BCUT2D eigenvalue weighted by Crippen LogP contribution is -2.46. The molecule has 2 aromatic heterocycles. The van der Waals surface area contributed by atoms with Gasteiger partial charge < -0.3 is 9.88 Å². The van der Waals surface area contributed by atoms with Gasteiger partial charge in [0.2, 0.25) is 0 Å². The van der Waals surface area contributed by atoms with Crippen LogP contribution in [-0.4, -0.2) is 39.1 Å². The van der Waals surface area contributed by atoms with Crippen molar-refractivity contribution in [3.05, 3.63) is 34.3 Å². The Bertz CT molecular complexity index is 630. The van der Waals surface area contributed by atoms with Crippen molar-refractivity contribution in [1.29, 1.82) is 0 Å². The van der Waals surface area contributed by atoms with E-state index in [1.165, 1.54) is 9.88 Å². The highest BCUT2D eigenvalue weighted by atomic mass is 35.5. The van der Waals surface area contributed by atoms with Gasteiger partial charge in [-0.2, -0.15) is 0 Å². The second-order valence-corrected chi connectivity index (χ2v) is 8.07. The van der Waals surface area contributed by atoms with E-state index in [1.807, 2.05) is 29.9 Å². The molecule has 0 spiro atoms. The molecule has 0 aliphatic carbocycles. The molecular weight excluding hydrogens is 330 g/mol. The Kier molecular flexibility index (Phi) is 5.84. The van der Waals surface area contributed by atoms with Crippen molar-refractivity contribution in [2.24, 2.45) is 7.05 Å². The summed E-state index contributed by atoms with van der Waals surface area (Å²) in [5, 5.41) is 4.68. The van der Waals surface area contributed by atoms with Crippen LogP contribution in [0.15, 0.2) is 18.6 Å². The standard InChI is InChI=1S/C16H25N5S.ClH/c1-16(2,3)13-10-19-14(22-13)11-21-8-5-17-9-12(21)15-18-6-7-20(15)4;/h6-7,10,12,17H,5,8-9,11H2,1-4H3;1H. The van der Waals surface area contributed by atoms with Crippen LogP contribution >= 0.6 is 23.7 Å². The third-order valence-electron chi connectivity index (χ3n) is 4.14. The molecule has 1 unspecified atom stereocenters. The topological polar surface area (TPSA) is 46.0 Å². The summed E-state index contributed by atoms with van der Waals surface area (Å²) < 4.78 is 2.12. The maximum Gasteiger partial charge on any atom is 0.127 e. The Hall–Kier alpha value is -0.950. The molecule has 3 rings (SSSR count). The first kappa shape index (κ1) is 18.4. The molecule has 1 fully saturated rings. The quantitative estimate of drug-likeness (QED) is 0.919. The molecule has 3 heterocycles. The summed E-state index contributed by atoms with van der Waals surface area (Å²) in [5.41, 5.74) is 0.179. The molecular formula is C16H26ClN5S. The number of nitrogens with one attached hydrogen (secondary N) is 1. The molecule has 2 aromatic rings. The van der Waals surface area contributed by atoms with E-state index < -0.39 is 0 Å². The average molecular weight is 356 g/mol. The lowest BCUT2D eigenvalue weighted by molar-refractivity contribution is 0.144. The van der Waals surface area contributed by atoms with E-state index in [0.717, 1.165) is 32.0 Å². The molecule has 1 atom stereocenters. The lowest BCUT2D eigenvalue weighted by atomic mass is 9.96. The van der Waals surface area contributed by atoms with Crippen molar-refractivity contribution in [3.8, 4) is 0 Å². The van der Waals surface area contributed by atoms with Crippen LogP contribution in [0.1, 0.15) is 42.5 Å². The summed E-state index contributed by atoms with van der Waals surface area (Å²) in [4.78, 5) is 13.0. The molecule has 1 saturated heterocycles. The fourth-order valence-electron chi connectivity index (χ4n) is 2.79. The maximum absolute atomic E-state index is 4.64. The Balaban J connectivity index is 0.00000192. The predicted molar refractivity (Wildman–Crippen MR) is 97.3 cm³/mol. The van der Waals surface area contributed by atoms with Crippen molar-refractivity contribution in [2.45, 2.75) is 38.8 Å². The summed E-state index contributed by atoms with van der Waals surface area (Å²) in [5.74, 6) is 1.12. The van der Waals surface area contributed by atoms with Crippen LogP contribution in [0.4, 0.5) is 0 Å². The average Bonchev–Trinajstić information content (AvgIpc) is 3.08. The van der Waals surface area contributed by atoms with Gasteiger partial charge in [0.15, 0.2) is 0 Å². The van der Waals surface area contributed by atoms with Crippen molar-refractivity contribution in [3.63, 3.8) is 0 Å². The first-order valence-electron chi connectivity index (χ1n) is 7.82. The Labute approximate surface area is 148 Å². The Morgan fingerprint density at radius 1 is 1.35 bits per heavy atom. The second kappa shape index (κ2) is 7.30. The smallest absolute Gasteiger partial charge is 0.127 e. The number of thiazole rings is 1. The number of hydrogen-bond acceptors (Lipinski definition) is 5. The normalized spacial score (nSPS) is 19.6. The SMILES string of the molecule is Cl.Cn1ccnc1C1CNCCN1Cc1ncc(C(C)(C)C)s1. The van der Waals surface area contributed by atoms with Gasteiger partial charge in [-0.25, -0.2) is 9.97 Å². The summed E-state index contributed by atoms with van der Waals surface area (Å²) >= 11 is 1.84. The van der Waals surface area contributed by atoms with Gasteiger partial charge in [0, 0.05) is 50.1 Å². The van der Waals surface area contributed by atoms with Crippen molar-refractivity contribution in [1.82, 2.24) is 24.8 Å². The predicted octanol–water partition coefficient (Wildman–Crippen LogP) is 2.74. The molecule has 0 radical (unpaired) electrons. The van der Waals surface area contributed by atoms with Crippen molar-refractivity contribution < 1.29 is 0 Å². The fourth-order valence-corrected chi connectivity index (χ4v) is 3.79. The first-order valence-corrected chi connectivity index (χ1v) is 8.64. The Morgan fingerprint density at radius 3 is 2.74 bits per heavy atom. The number of rotatable bonds is 3. The van der Waals surface area contributed by atoms with Crippen LogP contribution in [0, 0.1) is 0 Å². The summed E-state index contributed by atoms with van der Waals surface area (Å²) in [6.07, 6.45) is 5.93. The first-order chi connectivity index (χ1) is 10.4. The van der Waals surface area contributed by atoms with E-state index in [2.05, 4.69) is 52.6 Å². The number of nitrogens with zero attached hydrogens (tertiary/aromatic N) is 4. The monoisotopic (exact) mass is 355 g/mol. The zero-order valence-electron chi connectivity index (χ0n) is 14.2. The van der Waals surface area contributed by atoms with E-state index in [9.17, 15) is 0 Å². The molecule has 1 N–H and O–H groups in total. The number of aromatic nitrogens is 3. The van der Waals surface area contributed by atoms with Gasteiger partial charge in [0.1, 0.15) is 10.8 Å². The number of piperazine rings is 1. The summed E-state index contributed by atoms with van der Waals surface area (Å²) in [6, 6.07) is 0.315. The van der Waals surface area contributed by atoms with Crippen molar-refractivity contribution in [2.75, 3.05) is 19.6 Å². The third kappa shape index (κ3) is 4.12. The van der Waals surface area contributed by atoms with Crippen LogP contribution in [0.5, 0.6) is 0 Å². The van der Waals surface area contributed by atoms with E-state index in [0.29, 0.717) is 6.04 Å². The molecule has 0 bridgehead atoms. The van der Waals surface area contributed by atoms with Gasteiger partial charge in [0.05, 0.1) is 12.6 Å². The number of aryl methyl sites for hydroxylation is 1. The molecule has 5 nitrogen and oxygen atoms in total. The van der Waals surface area contributed by atoms with E-state index in [4.69, 9.17) is 0 Å². The molecule has 7 heteroatoms. The second-order valence-electron chi connectivity index (χ2n) is 6.95. The number of imidazole rings is 1. The van der Waals surface area contributed by atoms with Gasteiger partial charge in [-0.15, -0.1) is 23.7 Å². The fraction of sp³-hybridized carbons (Fsp3) is 0.625. The van der Waals surface area contributed by atoms with Crippen LogP contribution in [0.25, 0.3) is 0 Å². The highest BCUT2D eigenvalue weighted by Crippen LogP contribution is 2.30. The molecule has 1 aliphatic heterocycles. The molecule has 23 heavy (non-hydrogen) atoms. The largest absolute Gasteiger partial charge is 0.337 e. The maximum atomic E-state index is 4.64. The minimum atomic E-state index is 0. The van der Waals surface area contributed by atoms with Gasteiger partial charge >= 0.3 is 0 Å². The van der Waals surface area contributed by atoms with E-state index in [1.54, 1.807) is 0 Å². The lowest BCUT2D eigenvalue weighted by Gasteiger charge is -2.35. The zero-order valence-corrected chi connectivity index (χ0v) is 15.9. The highest BCUT2D eigenvalue weighted by molar-refractivity contribution is 7.11. The summed E-state index contributed by atoms with van der Waals surface area (Å²) in [7, 11) is 2.07. The highest BCUT2D eigenvalue weighted by Gasteiger charge is 2.28. The number of hydrogen-bond donors (Lipinski definition) is 1. The van der Waals surface area contributed by atoms with Crippen molar-refractivity contribution >= 4 is 23.7 Å². The van der Waals surface area contributed by atoms with Gasteiger partial charge in [-0.1, -0.05) is 20.8 Å². The van der Waals surface area contributed by atoms with Gasteiger partial charge in [-0.05, 0) is 5.41 Å². The minimum absolute atomic E-state index is 0. The van der Waals surface area contributed by atoms with Gasteiger partial charge in [-0.3, -0.25) is 4.90 Å².